The van der Waals surface area contributed by atoms with E-state index >= 15 is 0 Å². The zero-order valence-electron chi connectivity index (χ0n) is 13.7. The Morgan fingerprint density at radius 1 is 1.09 bits per heavy atom. The number of carbonyl (C=O) groups is 1. The summed E-state index contributed by atoms with van der Waals surface area (Å²) >= 11 is 0. The molecule has 0 radical (unpaired) electrons. The van der Waals surface area contributed by atoms with Crippen LogP contribution in [0.1, 0.15) is 17.5 Å². The minimum Gasteiger partial charge on any atom is -0.493 e. The average molecular weight is 314 g/mol. The Labute approximate surface area is 136 Å². The number of hydrogen-bond donors (Lipinski definition) is 2. The van der Waals surface area contributed by atoms with Gasteiger partial charge < -0.3 is 20.5 Å². The van der Waals surface area contributed by atoms with Gasteiger partial charge in [0.1, 0.15) is 0 Å². The van der Waals surface area contributed by atoms with Gasteiger partial charge in [0.05, 0.1) is 25.6 Å². The van der Waals surface area contributed by atoms with Crippen LogP contribution in [0.4, 0.5) is 11.4 Å². The molecule has 5 nitrogen and oxygen atoms in total. The molecule has 0 saturated heterocycles. The summed E-state index contributed by atoms with van der Waals surface area (Å²) in [6.07, 6.45) is 0.973. The molecule has 1 amide bonds. The maximum atomic E-state index is 12.1. The number of anilines is 2. The minimum atomic E-state index is -0.0738. The van der Waals surface area contributed by atoms with Crippen molar-refractivity contribution < 1.29 is 14.3 Å². The van der Waals surface area contributed by atoms with Gasteiger partial charge in [0, 0.05) is 6.42 Å². The summed E-state index contributed by atoms with van der Waals surface area (Å²) in [5, 5.41) is 2.84. The van der Waals surface area contributed by atoms with Crippen molar-refractivity contribution in [3.63, 3.8) is 0 Å². The topological polar surface area (TPSA) is 73.6 Å². The molecule has 23 heavy (non-hydrogen) atoms. The van der Waals surface area contributed by atoms with Gasteiger partial charge in [0.15, 0.2) is 11.5 Å². The lowest BCUT2D eigenvalue weighted by molar-refractivity contribution is -0.116. The molecule has 2 aromatic carbocycles. The third-order valence-corrected chi connectivity index (χ3v) is 3.57. The van der Waals surface area contributed by atoms with Crippen molar-refractivity contribution in [2.75, 3.05) is 25.3 Å². The van der Waals surface area contributed by atoms with E-state index in [0.717, 1.165) is 11.1 Å². The highest BCUT2D eigenvalue weighted by atomic mass is 16.5. The molecule has 0 heterocycles. The summed E-state index contributed by atoms with van der Waals surface area (Å²) in [6.45, 7) is 1.96. The van der Waals surface area contributed by atoms with Crippen molar-refractivity contribution in [1.82, 2.24) is 0 Å². The van der Waals surface area contributed by atoms with Crippen LogP contribution in [-0.4, -0.2) is 20.1 Å². The van der Waals surface area contributed by atoms with Crippen molar-refractivity contribution in [2.24, 2.45) is 0 Å². The van der Waals surface area contributed by atoms with Gasteiger partial charge in [0.25, 0.3) is 0 Å². The predicted octanol–water partition coefficient (Wildman–Crippen LogP) is 3.17. The summed E-state index contributed by atoms with van der Waals surface area (Å²) in [7, 11) is 3.19. The lowest BCUT2D eigenvalue weighted by Crippen LogP contribution is -2.13. The zero-order chi connectivity index (χ0) is 16.8. The number of aryl methyl sites for hydroxylation is 2. The zero-order valence-corrected chi connectivity index (χ0v) is 13.7. The van der Waals surface area contributed by atoms with Crippen LogP contribution < -0.4 is 20.5 Å². The van der Waals surface area contributed by atoms with Crippen LogP contribution in [0.2, 0.25) is 0 Å². The van der Waals surface area contributed by atoms with Crippen LogP contribution in [0, 0.1) is 6.92 Å². The fourth-order valence-electron chi connectivity index (χ4n) is 2.30. The Bertz CT molecular complexity index is 699. The molecule has 2 aromatic rings. The largest absolute Gasteiger partial charge is 0.493 e. The molecule has 122 valence electrons. The van der Waals surface area contributed by atoms with E-state index in [1.165, 1.54) is 0 Å². The van der Waals surface area contributed by atoms with Gasteiger partial charge in [-0.25, -0.2) is 0 Å². The molecule has 0 bridgehead atoms. The van der Waals surface area contributed by atoms with E-state index in [-0.39, 0.29) is 5.91 Å². The van der Waals surface area contributed by atoms with Gasteiger partial charge in [-0.3, -0.25) is 4.79 Å². The number of carbonyl (C=O) groups excluding carboxylic acids is 1. The summed E-state index contributed by atoms with van der Waals surface area (Å²) in [5.74, 6) is 1.26. The van der Waals surface area contributed by atoms with Crippen LogP contribution >= 0.6 is 0 Å². The van der Waals surface area contributed by atoms with Crippen LogP contribution in [0.15, 0.2) is 36.4 Å². The van der Waals surface area contributed by atoms with Gasteiger partial charge >= 0.3 is 0 Å². The molecule has 0 saturated carbocycles. The molecule has 3 N–H and O–H groups in total. The molecule has 0 atom stereocenters. The van der Waals surface area contributed by atoms with Crippen molar-refractivity contribution in [3.8, 4) is 11.5 Å². The van der Waals surface area contributed by atoms with Gasteiger partial charge in [0.2, 0.25) is 5.91 Å². The second-order valence-corrected chi connectivity index (χ2v) is 5.33. The maximum Gasteiger partial charge on any atom is 0.224 e. The second kappa shape index (κ2) is 7.54. The Balaban J connectivity index is 1.96. The first-order valence-corrected chi connectivity index (χ1v) is 7.40. The number of benzene rings is 2. The van der Waals surface area contributed by atoms with Gasteiger partial charge in [-0.1, -0.05) is 12.1 Å². The normalized spacial score (nSPS) is 10.2. The summed E-state index contributed by atoms with van der Waals surface area (Å²) in [6, 6.07) is 11.2. The summed E-state index contributed by atoms with van der Waals surface area (Å²) < 4.78 is 10.5. The van der Waals surface area contributed by atoms with Gasteiger partial charge in [-0.15, -0.1) is 0 Å². The maximum absolute atomic E-state index is 12.1. The number of hydrogen-bond acceptors (Lipinski definition) is 4. The molecule has 0 aromatic heterocycles. The van der Waals surface area contributed by atoms with E-state index in [2.05, 4.69) is 5.32 Å². The Morgan fingerprint density at radius 2 is 1.83 bits per heavy atom. The first-order chi connectivity index (χ1) is 11.0. The lowest BCUT2D eigenvalue weighted by Gasteiger charge is -2.11. The molecule has 0 unspecified atom stereocenters. The van der Waals surface area contributed by atoms with Crippen molar-refractivity contribution in [2.45, 2.75) is 19.8 Å². The van der Waals surface area contributed by atoms with Crippen molar-refractivity contribution in [3.05, 3.63) is 47.5 Å². The fraction of sp³-hybridized carbons (Fsp3) is 0.278. The van der Waals surface area contributed by atoms with E-state index < -0.39 is 0 Å². The highest BCUT2D eigenvalue weighted by Gasteiger charge is 2.08. The number of amides is 1. The van der Waals surface area contributed by atoms with Crippen LogP contribution in [-0.2, 0) is 11.2 Å². The first-order valence-electron chi connectivity index (χ1n) is 7.40. The monoisotopic (exact) mass is 314 g/mol. The summed E-state index contributed by atoms with van der Waals surface area (Å²) in [4.78, 5) is 12.1. The van der Waals surface area contributed by atoms with Crippen LogP contribution in [0.3, 0.4) is 0 Å². The molecule has 2 rings (SSSR count). The lowest BCUT2D eigenvalue weighted by atomic mass is 10.1. The minimum absolute atomic E-state index is 0.0738. The van der Waals surface area contributed by atoms with Crippen molar-refractivity contribution in [1.29, 1.82) is 0 Å². The summed E-state index contributed by atoms with van der Waals surface area (Å²) in [5.41, 5.74) is 9.19. The third-order valence-electron chi connectivity index (χ3n) is 3.57. The van der Waals surface area contributed by atoms with Gasteiger partial charge in [-0.05, 0) is 48.7 Å². The predicted molar refractivity (Wildman–Crippen MR) is 92.1 cm³/mol. The highest BCUT2D eigenvalue weighted by molar-refractivity contribution is 5.94. The van der Waals surface area contributed by atoms with Gasteiger partial charge in [-0.2, -0.15) is 0 Å². The number of nitrogens with two attached hydrogens (primary N) is 1. The fourth-order valence-corrected chi connectivity index (χ4v) is 2.30. The molecule has 5 heteroatoms. The molecule has 0 aliphatic heterocycles. The second-order valence-electron chi connectivity index (χ2n) is 5.33. The molecular formula is C18H22N2O3. The van der Waals surface area contributed by atoms with E-state index in [1.807, 2.05) is 43.3 Å². The van der Waals surface area contributed by atoms with Crippen LogP contribution in [0.5, 0.6) is 11.5 Å². The smallest absolute Gasteiger partial charge is 0.224 e. The quantitative estimate of drug-likeness (QED) is 0.803. The molecule has 0 aliphatic carbocycles. The van der Waals surface area contributed by atoms with E-state index in [0.29, 0.717) is 35.7 Å². The third kappa shape index (κ3) is 4.39. The van der Waals surface area contributed by atoms with E-state index in [1.54, 1.807) is 14.2 Å². The average Bonchev–Trinajstić information content (AvgIpc) is 2.55. The Hall–Kier alpha value is -2.69. The number of nitrogen functional groups attached to an aromatic ring is 1. The van der Waals surface area contributed by atoms with Crippen LogP contribution in [0.25, 0.3) is 0 Å². The molecule has 0 fully saturated rings. The molecule has 0 aliphatic rings. The first kappa shape index (κ1) is 16.7. The molecular weight excluding hydrogens is 292 g/mol. The van der Waals surface area contributed by atoms with E-state index in [4.69, 9.17) is 15.2 Å². The van der Waals surface area contributed by atoms with Crippen molar-refractivity contribution >= 4 is 17.3 Å². The number of rotatable bonds is 6. The Morgan fingerprint density at radius 3 is 2.48 bits per heavy atom. The molecule has 0 spiro atoms. The number of nitrogens with one attached hydrogen (secondary N) is 1. The SMILES string of the molecule is COc1ccc(CCC(=O)Nc2ccc(C)cc2N)cc1OC. The number of ether oxygens (including phenoxy) is 2. The number of methoxy groups -OCH3 is 2. The van der Waals surface area contributed by atoms with E-state index in [9.17, 15) is 4.79 Å². The standard InChI is InChI=1S/C18H22N2O3/c1-12-4-7-15(14(19)10-12)20-18(21)9-6-13-5-8-16(22-2)17(11-13)23-3/h4-5,7-8,10-11H,6,9,19H2,1-3H3,(H,20,21). The Kier molecular flexibility index (Phi) is 5.46. The highest BCUT2D eigenvalue weighted by Crippen LogP contribution is 2.28.